The van der Waals surface area contributed by atoms with Crippen molar-refractivity contribution >= 4 is 29.1 Å². The number of anilines is 1. The van der Waals surface area contributed by atoms with Crippen molar-refractivity contribution in [2.24, 2.45) is 0 Å². The maximum atomic E-state index is 6.18. The fourth-order valence-corrected chi connectivity index (χ4v) is 3.29. The number of halogens is 1. The molecule has 1 aliphatic rings. The first-order valence-electron chi connectivity index (χ1n) is 6.31. The number of benzene rings is 2. The third-order valence-corrected chi connectivity index (χ3v) is 4.48. The molecule has 3 rings (SSSR count). The van der Waals surface area contributed by atoms with Crippen LogP contribution in [0.25, 0.3) is 0 Å². The summed E-state index contributed by atoms with van der Waals surface area (Å²) in [5, 5.41) is 0.574. The van der Waals surface area contributed by atoms with E-state index in [0.717, 1.165) is 22.0 Å². The van der Waals surface area contributed by atoms with E-state index in [9.17, 15) is 0 Å². The van der Waals surface area contributed by atoms with E-state index >= 15 is 0 Å². The second-order valence-corrected chi connectivity index (χ2v) is 5.93. The maximum absolute atomic E-state index is 6.18. The Bertz CT molecular complexity index is 678. The molecule has 0 fully saturated rings. The van der Waals surface area contributed by atoms with Crippen LogP contribution in [-0.2, 0) is 5.75 Å². The number of fused-ring (bicyclic) bond motifs is 1. The van der Waals surface area contributed by atoms with Crippen LogP contribution < -0.4 is 19.9 Å². The van der Waals surface area contributed by atoms with Crippen LogP contribution in [-0.4, -0.2) is 13.9 Å². The third-order valence-electron chi connectivity index (χ3n) is 3.07. The van der Waals surface area contributed by atoms with E-state index in [0.29, 0.717) is 22.2 Å². The number of rotatable bonds is 4. The highest BCUT2D eigenvalue weighted by molar-refractivity contribution is 7.98. The molecule has 2 N–H and O–H groups in total. The lowest BCUT2D eigenvalue weighted by Crippen LogP contribution is -1.93. The molecule has 6 heteroatoms. The summed E-state index contributed by atoms with van der Waals surface area (Å²) >= 11 is 7.83. The number of nitrogens with two attached hydrogens (primary N) is 1. The maximum Gasteiger partial charge on any atom is 0.231 e. The molecule has 1 aliphatic heterocycles. The van der Waals surface area contributed by atoms with Crippen molar-refractivity contribution in [3.8, 4) is 17.2 Å². The van der Waals surface area contributed by atoms with Crippen LogP contribution in [0.1, 0.15) is 5.56 Å². The number of thioether (sulfide) groups is 1. The zero-order valence-corrected chi connectivity index (χ0v) is 13.0. The van der Waals surface area contributed by atoms with Crippen LogP contribution in [0.5, 0.6) is 17.2 Å². The van der Waals surface area contributed by atoms with Gasteiger partial charge in [0.2, 0.25) is 6.79 Å². The molecule has 0 bridgehead atoms. The highest BCUT2D eigenvalue weighted by Crippen LogP contribution is 2.41. The Hall–Kier alpha value is -1.72. The van der Waals surface area contributed by atoms with E-state index in [1.54, 1.807) is 18.9 Å². The monoisotopic (exact) mass is 323 g/mol. The average molecular weight is 324 g/mol. The summed E-state index contributed by atoms with van der Waals surface area (Å²) in [5.41, 5.74) is 7.50. The second kappa shape index (κ2) is 5.95. The molecular weight excluding hydrogens is 310 g/mol. The lowest BCUT2D eigenvalue weighted by molar-refractivity contribution is 0.174. The van der Waals surface area contributed by atoms with Crippen LogP contribution in [0.3, 0.4) is 0 Å². The van der Waals surface area contributed by atoms with Crippen LogP contribution in [0.15, 0.2) is 35.2 Å². The predicted octanol–water partition coefficient (Wildman–Crippen LogP) is 3.95. The molecule has 1 heterocycles. The molecule has 2 aromatic carbocycles. The van der Waals surface area contributed by atoms with Gasteiger partial charge in [-0.1, -0.05) is 11.6 Å². The lowest BCUT2D eigenvalue weighted by Gasteiger charge is -2.09. The van der Waals surface area contributed by atoms with Crippen molar-refractivity contribution in [2.45, 2.75) is 10.6 Å². The van der Waals surface area contributed by atoms with Crippen molar-refractivity contribution < 1.29 is 14.2 Å². The van der Waals surface area contributed by atoms with E-state index in [-0.39, 0.29) is 6.79 Å². The Morgan fingerprint density at radius 3 is 2.95 bits per heavy atom. The number of nitrogen functional groups attached to an aromatic ring is 1. The summed E-state index contributed by atoms with van der Waals surface area (Å²) in [6, 6.07) is 9.47. The molecule has 0 saturated carbocycles. The predicted molar refractivity (Wildman–Crippen MR) is 84.5 cm³/mol. The fraction of sp³-hybridized carbons (Fsp3) is 0.200. The summed E-state index contributed by atoms with van der Waals surface area (Å²) < 4.78 is 16.0. The number of hydrogen-bond acceptors (Lipinski definition) is 5. The molecule has 110 valence electrons. The molecule has 0 aromatic heterocycles. The average Bonchev–Trinajstić information content (AvgIpc) is 2.94. The molecule has 0 saturated heterocycles. The third kappa shape index (κ3) is 2.99. The van der Waals surface area contributed by atoms with E-state index in [1.165, 1.54) is 0 Å². The zero-order valence-electron chi connectivity index (χ0n) is 11.4. The first kappa shape index (κ1) is 14.2. The van der Waals surface area contributed by atoms with Crippen LogP contribution in [0.2, 0.25) is 5.02 Å². The van der Waals surface area contributed by atoms with Gasteiger partial charge in [0.25, 0.3) is 0 Å². The molecular formula is C15H14ClNO3S. The van der Waals surface area contributed by atoms with Gasteiger partial charge in [0, 0.05) is 22.4 Å². The molecule has 0 atom stereocenters. The minimum atomic E-state index is 0.220. The summed E-state index contributed by atoms with van der Waals surface area (Å²) in [6.07, 6.45) is 0. The van der Waals surface area contributed by atoms with Gasteiger partial charge in [0.1, 0.15) is 5.75 Å². The number of methoxy groups -OCH3 is 1. The van der Waals surface area contributed by atoms with Gasteiger partial charge in [-0.15, -0.1) is 11.8 Å². The second-order valence-electron chi connectivity index (χ2n) is 4.51. The molecule has 0 unspecified atom stereocenters. The highest BCUT2D eigenvalue weighted by atomic mass is 35.5. The van der Waals surface area contributed by atoms with Crippen LogP contribution in [0, 0.1) is 0 Å². The Morgan fingerprint density at radius 1 is 1.29 bits per heavy atom. The number of ether oxygens (including phenoxy) is 3. The largest absolute Gasteiger partial charge is 0.496 e. The summed E-state index contributed by atoms with van der Waals surface area (Å²) in [7, 11) is 1.64. The first-order valence-corrected chi connectivity index (χ1v) is 7.68. The minimum absolute atomic E-state index is 0.220. The van der Waals surface area contributed by atoms with E-state index in [1.807, 2.05) is 30.3 Å². The Morgan fingerprint density at radius 2 is 2.14 bits per heavy atom. The van der Waals surface area contributed by atoms with E-state index in [4.69, 9.17) is 31.5 Å². The van der Waals surface area contributed by atoms with Gasteiger partial charge in [-0.05, 0) is 29.8 Å². The van der Waals surface area contributed by atoms with Crippen molar-refractivity contribution in [2.75, 3.05) is 19.6 Å². The molecule has 0 aliphatic carbocycles. The lowest BCUT2D eigenvalue weighted by atomic mass is 10.2. The fourth-order valence-electron chi connectivity index (χ4n) is 2.07. The molecule has 4 nitrogen and oxygen atoms in total. The van der Waals surface area contributed by atoms with E-state index in [2.05, 4.69) is 0 Å². The SMILES string of the molecule is COc1cc(N)ccc1SCc1cc(Cl)c2c(c1)OCO2. The standard InChI is InChI=1S/C15H14ClNO3S/c1-18-12-6-10(17)2-3-14(12)21-7-9-4-11(16)15-13(5-9)19-8-20-15/h2-6H,7-8,17H2,1H3. The van der Waals surface area contributed by atoms with Gasteiger partial charge in [-0.2, -0.15) is 0 Å². The first-order chi connectivity index (χ1) is 10.2. The normalized spacial score (nSPS) is 12.5. The molecule has 0 amide bonds. The molecule has 21 heavy (non-hydrogen) atoms. The van der Waals surface area contributed by atoms with Crippen molar-refractivity contribution in [3.05, 3.63) is 40.9 Å². The van der Waals surface area contributed by atoms with Crippen molar-refractivity contribution in [3.63, 3.8) is 0 Å². The van der Waals surface area contributed by atoms with Gasteiger partial charge in [-0.25, -0.2) is 0 Å². The Labute approximate surface area is 132 Å². The quantitative estimate of drug-likeness (QED) is 0.682. The summed E-state index contributed by atoms with van der Waals surface area (Å²) in [5.74, 6) is 2.83. The number of hydrogen-bond donors (Lipinski definition) is 1. The van der Waals surface area contributed by atoms with Gasteiger partial charge in [-0.3, -0.25) is 0 Å². The topological polar surface area (TPSA) is 53.7 Å². The zero-order chi connectivity index (χ0) is 14.8. The van der Waals surface area contributed by atoms with Gasteiger partial charge >= 0.3 is 0 Å². The molecule has 2 aromatic rings. The smallest absolute Gasteiger partial charge is 0.231 e. The highest BCUT2D eigenvalue weighted by Gasteiger charge is 2.18. The van der Waals surface area contributed by atoms with Crippen molar-refractivity contribution in [1.29, 1.82) is 0 Å². The van der Waals surface area contributed by atoms with Gasteiger partial charge in [0.05, 0.1) is 12.1 Å². The van der Waals surface area contributed by atoms with Crippen LogP contribution >= 0.6 is 23.4 Å². The Balaban J connectivity index is 1.78. The Kier molecular flexibility index (Phi) is 4.03. The minimum Gasteiger partial charge on any atom is -0.496 e. The molecule has 0 radical (unpaired) electrons. The summed E-state index contributed by atoms with van der Waals surface area (Å²) in [4.78, 5) is 1.03. The van der Waals surface area contributed by atoms with Gasteiger partial charge in [0.15, 0.2) is 11.5 Å². The molecule has 0 spiro atoms. The van der Waals surface area contributed by atoms with Crippen LogP contribution in [0.4, 0.5) is 5.69 Å². The van der Waals surface area contributed by atoms with Gasteiger partial charge < -0.3 is 19.9 Å². The van der Waals surface area contributed by atoms with E-state index < -0.39 is 0 Å². The summed E-state index contributed by atoms with van der Waals surface area (Å²) in [6.45, 7) is 0.220. The van der Waals surface area contributed by atoms with Crippen molar-refractivity contribution in [1.82, 2.24) is 0 Å².